The Labute approximate surface area is 143 Å². The highest BCUT2D eigenvalue weighted by molar-refractivity contribution is 5.97. The zero-order chi connectivity index (χ0) is 18.0. The number of rotatable bonds is 3. The van der Waals surface area contributed by atoms with Crippen LogP contribution in [-0.4, -0.2) is 42.1 Å². The number of pyridine rings is 1. The number of hydrogen-bond donors (Lipinski definition) is 1. The molecule has 0 unspecified atom stereocenters. The number of carbonyl (C=O) groups excluding carboxylic acids is 1. The molecule has 7 heteroatoms. The second kappa shape index (κ2) is 6.84. The molecule has 0 bridgehead atoms. The number of nitrogens with zero attached hydrogens (tertiary/aromatic N) is 2. The average Bonchev–Trinajstić information content (AvgIpc) is 2.99. The van der Waals surface area contributed by atoms with Gasteiger partial charge in [-0.3, -0.25) is 9.78 Å². The molecule has 1 fully saturated rings. The van der Waals surface area contributed by atoms with Crippen LogP contribution in [0.5, 0.6) is 0 Å². The number of halogens is 3. The van der Waals surface area contributed by atoms with Gasteiger partial charge in [0.1, 0.15) is 0 Å². The van der Waals surface area contributed by atoms with Crippen molar-refractivity contribution < 1.29 is 18.0 Å². The maximum atomic E-state index is 13.2. The van der Waals surface area contributed by atoms with Crippen LogP contribution in [0.4, 0.5) is 18.9 Å². The van der Waals surface area contributed by atoms with Crippen LogP contribution >= 0.6 is 0 Å². The number of likely N-dealkylation sites (tertiary alicyclic amines) is 1. The number of alkyl halides is 3. The summed E-state index contributed by atoms with van der Waals surface area (Å²) in [5, 5.41) is 2.65. The number of benzene rings is 1. The highest BCUT2D eigenvalue weighted by atomic mass is 19.4. The largest absolute Gasteiger partial charge is 0.393 e. The van der Waals surface area contributed by atoms with Crippen molar-refractivity contribution in [1.29, 1.82) is 0 Å². The van der Waals surface area contributed by atoms with Crippen molar-refractivity contribution in [3.63, 3.8) is 0 Å². The molecule has 2 atom stereocenters. The molecule has 0 spiro atoms. The van der Waals surface area contributed by atoms with Crippen LogP contribution in [0.1, 0.15) is 0 Å². The summed E-state index contributed by atoms with van der Waals surface area (Å²) >= 11 is 0. The fourth-order valence-corrected chi connectivity index (χ4v) is 3.19. The average molecular weight is 349 g/mol. The fraction of sp³-hybridized carbons (Fsp3) is 0.333. The van der Waals surface area contributed by atoms with E-state index in [0.717, 1.165) is 11.1 Å². The quantitative estimate of drug-likeness (QED) is 0.923. The van der Waals surface area contributed by atoms with E-state index >= 15 is 0 Å². The SMILES string of the molecule is CN1C[C@@H](C(F)(F)F)[C@H](C(=O)Nc2cnccc2-c2ccccc2)C1. The molecule has 1 amide bonds. The van der Waals surface area contributed by atoms with Crippen molar-refractivity contribution >= 4 is 11.6 Å². The maximum absolute atomic E-state index is 13.2. The summed E-state index contributed by atoms with van der Waals surface area (Å²) < 4.78 is 39.6. The van der Waals surface area contributed by atoms with E-state index < -0.39 is 23.9 Å². The predicted molar refractivity (Wildman–Crippen MR) is 88.8 cm³/mol. The summed E-state index contributed by atoms with van der Waals surface area (Å²) in [6.07, 6.45) is -1.36. The van der Waals surface area contributed by atoms with Crippen molar-refractivity contribution in [3.8, 4) is 11.1 Å². The summed E-state index contributed by atoms with van der Waals surface area (Å²) in [4.78, 5) is 18.1. The van der Waals surface area contributed by atoms with E-state index in [1.165, 1.54) is 11.1 Å². The molecule has 3 rings (SSSR count). The van der Waals surface area contributed by atoms with Gasteiger partial charge in [0, 0.05) is 24.8 Å². The zero-order valence-electron chi connectivity index (χ0n) is 13.6. The summed E-state index contributed by atoms with van der Waals surface area (Å²) in [6.45, 7) is -0.0862. The lowest BCUT2D eigenvalue weighted by Gasteiger charge is -2.21. The highest BCUT2D eigenvalue weighted by Crippen LogP contribution is 2.38. The molecule has 132 valence electrons. The molecule has 1 aliphatic rings. The van der Waals surface area contributed by atoms with Gasteiger partial charge >= 0.3 is 6.18 Å². The van der Waals surface area contributed by atoms with Crippen molar-refractivity contribution in [2.45, 2.75) is 6.18 Å². The summed E-state index contributed by atoms with van der Waals surface area (Å²) in [5.74, 6) is -3.42. The van der Waals surface area contributed by atoms with Crippen LogP contribution in [0, 0.1) is 11.8 Å². The fourth-order valence-electron chi connectivity index (χ4n) is 3.19. The Hall–Kier alpha value is -2.41. The molecular weight excluding hydrogens is 331 g/mol. The van der Waals surface area contributed by atoms with Gasteiger partial charge in [-0.05, 0) is 18.7 Å². The molecule has 25 heavy (non-hydrogen) atoms. The predicted octanol–water partition coefficient (Wildman–Crippen LogP) is 3.43. The number of hydrogen-bond acceptors (Lipinski definition) is 3. The van der Waals surface area contributed by atoms with E-state index in [2.05, 4.69) is 10.3 Å². The molecule has 1 aromatic carbocycles. The van der Waals surface area contributed by atoms with Gasteiger partial charge in [-0.2, -0.15) is 13.2 Å². The number of anilines is 1. The van der Waals surface area contributed by atoms with Crippen LogP contribution < -0.4 is 5.32 Å². The van der Waals surface area contributed by atoms with E-state index in [4.69, 9.17) is 0 Å². The number of carbonyl (C=O) groups is 1. The van der Waals surface area contributed by atoms with Gasteiger partial charge in [0.2, 0.25) is 5.91 Å². The normalized spacial score (nSPS) is 21.3. The Kier molecular flexibility index (Phi) is 4.76. The number of amides is 1. The minimum absolute atomic E-state index is 0.0803. The lowest BCUT2D eigenvalue weighted by molar-refractivity contribution is -0.182. The molecule has 2 aromatic rings. The summed E-state index contributed by atoms with van der Waals surface area (Å²) in [5.41, 5.74) is 1.99. The Bertz CT molecular complexity index is 749. The van der Waals surface area contributed by atoms with Gasteiger partial charge in [0.05, 0.1) is 23.7 Å². The first kappa shape index (κ1) is 17.4. The third-order valence-corrected chi connectivity index (χ3v) is 4.42. The molecule has 1 N–H and O–H groups in total. The van der Waals surface area contributed by atoms with Crippen molar-refractivity contribution in [2.75, 3.05) is 25.5 Å². The minimum Gasteiger partial charge on any atom is -0.324 e. The summed E-state index contributed by atoms with van der Waals surface area (Å²) in [6, 6.07) is 11.0. The van der Waals surface area contributed by atoms with E-state index in [9.17, 15) is 18.0 Å². The first-order chi connectivity index (χ1) is 11.9. The third kappa shape index (κ3) is 3.82. The standard InChI is InChI=1S/C18H18F3N3O/c1-24-10-14(15(11-24)18(19,20)21)17(25)23-16-9-22-8-7-13(16)12-5-3-2-4-6-12/h2-9,14-15H,10-11H2,1H3,(H,23,25)/t14-,15-/m1/s1. The van der Waals surface area contributed by atoms with Crippen LogP contribution in [-0.2, 0) is 4.79 Å². The van der Waals surface area contributed by atoms with E-state index in [1.54, 1.807) is 19.3 Å². The van der Waals surface area contributed by atoms with Gasteiger partial charge in [-0.25, -0.2) is 0 Å². The Morgan fingerprint density at radius 3 is 2.60 bits per heavy atom. The second-order valence-corrected chi connectivity index (χ2v) is 6.25. The second-order valence-electron chi connectivity index (χ2n) is 6.25. The van der Waals surface area contributed by atoms with Gasteiger partial charge < -0.3 is 10.2 Å². The van der Waals surface area contributed by atoms with E-state index in [-0.39, 0.29) is 13.1 Å². The minimum atomic E-state index is -4.40. The zero-order valence-corrected chi connectivity index (χ0v) is 13.6. The smallest absolute Gasteiger partial charge is 0.324 e. The lowest BCUT2D eigenvalue weighted by atomic mass is 9.94. The first-order valence-electron chi connectivity index (χ1n) is 7.92. The van der Waals surface area contributed by atoms with Gasteiger partial charge in [-0.15, -0.1) is 0 Å². The molecule has 0 radical (unpaired) electrons. The van der Waals surface area contributed by atoms with Crippen molar-refractivity contribution in [2.24, 2.45) is 11.8 Å². The van der Waals surface area contributed by atoms with E-state index in [1.807, 2.05) is 30.3 Å². The van der Waals surface area contributed by atoms with Crippen LogP contribution in [0.2, 0.25) is 0 Å². The van der Waals surface area contributed by atoms with Crippen LogP contribution in [0.25, 0.3) is 11.1 Å². The molecule has 0 saturated carbocycles. The third-order valence-electron chi connectivity index (χ3n) is 4.42. The Morgan fingerprint density at radius 2 is 1.92 bits per heavy atom. The summed E-state index contributed by atoms with van der Waals surface area (Å²) in [7, 11) is 1.59. The van der Waals surface area contributed by atoms with Crippen LogP contribution in [0.3, 0.4) is 0 Å². The molecule has 1 aliphatic heterocycles. The van der Waals surface area contributed by atoms with Gasteiger partial charge in [0.15, 0.2) is 0 Å². The number of aromatic nitrogens is 1. The topological polar surface area (TPSA) is 45.2 Å². The van der Waals surface area contributed by atoms with Crippen molar-refractivity contribution in [1.82, 2.24) is 9.88 Å². The van der Waals surface area contributed by atoms with Gasteiger partial charge in [0.25, 0.3) is 0 Å². The Morgan fingerprint density at radius 1 is 1.20 bits per heavy atom. The molecule has 1 saturated heterocycles. The molecule has 1 aromatic heterocycles. The van der Waals surface area contributed by atoms with Crippen molar-refractivity contribution in [3.05, 3.63) is 48.8 Å². The highest BCUT2D eigenvalue weighted by Gasteiger charge is 2.51. The monoisotopic (exact) mass is 349 g/mol. The molecule has 0 aliphatic carbocycles. The molecular formula is C18H18F3N3O. The van der Waals surface area contributed by atoms with Crippen LogP contribution in [0.15, 0.2) is 48.8 Å². The first-order valence-corrected chi connectivity index (χ1v) is 7.92. The van der Waals surface area contributed by atoms with E-state index in [0.29, 0.717) is 5.69 Å². The number of nitrogens with one attached hydrogen (secondary N) is 1. The Balaban J connectivity index is 1.85. The molecule has 2 heterocycles. The lowest BCUT2D eigenvalue weighted by Crippen LogP contribution is -2.36. The maximum Gasteiger partial charge on any atom is 0.393 e. The molecule has 4 nitrogen and oxygen atoms in total. The van der Waals surface area contributed by atoms with Gasteiger partial charge in [-0.1, -0.05) is 30.3 Å².